The molecule has 2 saturated heterocycles. The van der Waals surface area contributed by atoms with Crippen molar-refractivity contribution in [3.05, 3.63) is 77.6 Å². The molecule has 1 aromatic heterocycles. The largest absolute Gasteiger partial charge is 0.391 e. The number of likely N-dealkylation sites (tertiary alicyclic amines) is 1. The Labute approximate surface area is 213 Å². The van der Waals surface area contributed by atoms with Crippen LogP contribution >= 0.6 is 0 Å². The summed E-state index contributed by atoms with van der Waals surface area (Å²) in [6.07, 6.45) is 7.58. The molecule has 2 aromatic carbocycles. The maximum atomic E-state index is 12.8. The molecule has 2 aliphatic heterocycles. The van der Waals surface area contributed by atoms with Gasteiger partial charge < -0.3 is 14.9 Å². The molecule has 7 nitrogen and oxygen atoms in total. The van der Waals surface area contributed by atoms with Crippen LogP contribution in [0.1, 0.15) is 47.2 Å². The second-order valence-corrected chi connectivity index (χ2v) is 10.3. The van der Waals surface area contributed by atoms with Crippen LogP contribution in [0.2, 0.25) is 0 Å². The van der Waals surface area contributed by atoms with Gasteiger partial charge in [0.2, 0.25) is 0 Å². The van der Waals surface area contributed by atoms with E-state index < -0.39 is 6.10 Å². The molecule has 3 aromatic rings. The normalized spacial score (nSPS) is 19.2. The Balaban J connectivity index is 1.13. The molecule has 190 valence electrons. The number of hydrogen-bond donors (Lipinski definition) is 1. The molecule has 0 spiro atoms. The number of β-amino-alcohol motifs (C(OH)–C–C–N with tert-alkyl or cyclic N) is 1. The van der Waals surface area contributed by atoms with Gasteiger partial charge >= 0.3 is 0 Å². The zero-order valence-corrected chi connectivity index (χ0v) is 21.4. The molecule has 0 aliphatic carbocycles. The Morgan fingerprint density at radius 2 is 1.81 bits per heavy atom. The summed E-state index contributed by atoms with van der Waals surface area (Å²) in [6, 6.07) is 16.9. The van der Waals surface area contributed by atoms with E-state index >= 15 is 0 Å². The van der Waals surface area contributed by atoms with E-state index in [1.807, 2.05) is 23.0 Å². The third kappa shape index (κ3) is 5.47. The minimum absolute atomic E-state index is 0.0198. The lowest BCUT2D eigenvalue weighted by Crippen LogP contribution is -2.43. The second-order valence-electron chi connectivity index (χ2n) is 10.3. The Morgan fingerprint density at radius 1 is 1.06 bits per heavy atom. The van der Waals surface area contributed by atoms with Gasteiger partial charge in [0.05, 0.1) is 18.0 Å². The van der Waals surface area contributed by atoms with Crippen molar-refractivity contribution >= 4 is 11.6 Å². The molecule has 1 unspecified atom stereocenters. The van der Waals surface area contributed by atoms with E-state index in [4.69, 9.17) is 0 Å². The molecule has 36 heavy (non-hydrogen) atoms. The van der Waals surface area contributed by atoms with Crippen molar-refractivity contribution in [1.82, 2.24) is 19.6 Å². The Bertz CT molecular complexity index is 1170. The first-order valence-electron chi connectivity index (χ1n) is 13.1. The first-order chi connectivity index (χ1) is 17.5. The van der Waals surface area contributed by atoms with Crippen molar-refractivity contribution < 1.29 is 9.90 Å². The van der Waals surface area contributed by atoms with Gasteiger partial charge in [-0.05, 0) is 75.5 Å². The van der Waals surface area contributed by atoms with E-state index in [0.29, 0.717) is 18.2 Å². The summed E-state index contributed by atoms with van der Waals surface area (Å²) in [5.41, 5.74) is 5.45. The summed E-state index contributed by atoms with van der Waals surface area (Å²) in [7, 11) is 2.21. The van der Waals surface area contributed by atoms with Gasteiger partial charge in [-0.2, -0.15) is 5.10 Å². The van der Waals surface area contributed by atoms with E-state index in [0.717, 1.165) is 57.5 Å². The van der Waals surface area contributed by atoms with E-state index in [1.165, 1.54) is 16.8 Å². The van der Waals surface area contributed by atoms with Crippen molar-refractivity contribution in [2.45, 2.75) is 51.3 Å². The van der Waals surface area contributed by atoms with Gasteiger partial charge in [-0.3, -0.25) is 9.69 Å². The number of aliphatic hydroxyl groups excluding tert-OH is 1. The molecule has 0 saturated carbocycles. The zero-order chi connectivity index (χ0) is 25.1. The number of aromatic nitrogens is 2. The molecule has 3 heterocycles. The standard InChI is InChI=1S/C29H37N5O2/c1-22-6-3-4-8-28(22)34-20-23(18-30-34)19-31(2)25-13-16-32(17-14-25)26-11-9-24(10-12-26)29(36)33-15-5-7-27(35)21-33/h3-4,6,8-12,18,20,25,27,35H,5,7,13-17,19,21H2,1-2H3. The van der Waals surface area contributed by atoms with Crippen LogP contribution in [-0.4, -0.2) is 76.0 Å². The molecule has 2 aliphatic rings. The number of aryl methyl sites for hydroxylation is 1. The van der Waals surface area contributed by atoms with Gasteiger partial charge in [-0.1, -0.05) is 18.2 Å². The number of nitrogens with zero attached hydrogens (tertiary/aromatic N) is 5. The lowest BCUT2D eigenvalue weighted by molar-refractivity contribution is 0.0474. The highest BCUT2D eigenvalue weighted by molar-refractivity contribution is 5.94. The van der Waals surface area contributed by atoms with Crippen LogP contribution in [0.5, 0.6) is 0 Å². The first-order valence-corrected chi connectivity index (χ1v) is 13.1. The minimum Gasteiger partial charge on any atom is -0.391 e. The van der Waals surface area contributed by atoms with Crippen LogP contribution < -0.4 is 4.90 Å². The molecule has 0 radical (unpaired) electrons. The van der Waals surface area contributed by atoms with Crippen LogP contribution in [0.25, 0.3) is 5.69 Å². The highest BCUT2D eigenvalue weighted by Gasteiger charge is 2.25. The van der Waals surface area contributed by atoms with Crippen LogP contribution in [0, 0.1) is 6.92 Å². The predicted octanol–water partition coefficient (Wildman–Crippen LogP) is 3.88. The van der Waals surface area contributed by atoms with Crippen molar-refractivity contribution in [3.8, 4) is 5.69 Å². The van der Waals surface area contributed by atoms with E-state index in [1.54, 1.807) is 4.90 Å². The Morgan fingerprint density at radius 3 is 2.53 bits per heavy atom. The SMILES string of the molecule is Cc1ccccc1-n1cc(CN(C)C2CCN(c3ccc(C(=O)N4CCCC(O)C4)cc3)CC2)cn1. The number of para-hydroxylation sites is 1. The lowest BCUT2D eigenvalue weighted by atomic mass is 10.0. The van der Waals surface area contributed by atoms with Crippen LogP contribution in [0.4, 0.5) is 5.69 Å². The molecule has 2 fully saturated rings. The molecule has 0 bridgehead atoms. The fourth-order valence-electron chi connectivity index (χ4n) is 5.51. The number of aliphatic hydroxyl groups is 1. The number of hydrogen-bond acceptors (Lipinski definition) is 5. The zero-order valence-electron chi connectivity index (χ0n) is 21.4. The highest BCUT2D eigenvalue weighted by atomic mass is 16.3. The molecular weight excluding hydrogens is 450 g/mol. The number of carbonyl (C=O) groups is 1. The molecule has 5 rings (SSSR count). The van der Waals surface area contributed by atoms with Gasteiger partial charge in [0.15, 0.2) is 0 Å². The fourth-order valence-corrected chi connectivity index (χ4v) is 5.51. The molecular formula is C29H37N5O2. The second kappa shape index (κ2) is 10.8. The van der Waals surface area contributed by atoms with Crippen molar-refractivity contribution in [2.75, 3.05) is 38.1 Å². The number of anilines is 1. The maximum absolute atomic E-state index is 12.8. The van der Waals surface area contributed by atoms with E-state index in [-0.39, 0.29) is 5.91 Å². The summed E-state index contributed by atoms with van der Waals surface area (Å²) >= 11 is 0. The smallest absolute Gasteiger partial charge is 0.253 e. The average molecular weight is 488 g/mol. The monoisotopic (exact) mass is 487 g/mol. The summed E-state index contributed by atoms with van der Waals surface area (Å²) in [5.74, 6) is 0.0198. The van der Waals surface area contributed by atoms with E-state index in [2.05, 4.69) is 71.5 Å². The fraction of sp³-hybridized carbons (Fsp3) is 0.448. The summed E-state index contributed by atoms with van der Waals surface area (Å²) in [5, 5.41) is 14.5. The van der Waals surface area contributed by atoms with Crippen LogP contribution in [0.15, 0.2) is 60.9 Å². The number of benzene rings is 2. The van der Waals surface area contributed by atoms with Gasteiger partial charge in [0.25, 0.3) is 5.91 Å². The molecule has 7 heteroatoms. The molecule has 1 amide bonds. The van der Waals surface area contributed by atoms with E-state index in [9.17, 15) is 9.90 Å². The van der Waals surface area contributed by atoms with Gasteiger partial charge in [0, 0.05) is 61.8 Å². The van der Waals surface area contributed by atoms with Crippen LogP contribution in [-0.2, 0) is 6.54 Å². The first kappa shape index (κ1) is 24.5. The maximum Gasteiger partial charge on any atom is 0.253 e. The molecule has 1 atom stereocenters. The number of carbonyl (C=O) groups excluding carboxylic acids is 1. The van der Waals surface area contributed by atoms with Crippen LogP contribution in [0.3, 0.4) is 0 Å². The topological polar surface area (TPSA) is 64.8 Å². The third-order valence-corrected chi connectivity index (χ3v) is 7.68. The van der Waals surface area contributed by atoms with Gasteiger partial charge in [0.1, 0.15) is 0 Å². The molecule has 1 N–H and O–H groups in total. The van der Waals surface area contributed by atoms with Crippen molar-refractivity contribution in [1.29, 1.82) is 0 Å². The summed E-state index contributed by atoms with van der Waals surface area (Å²) < 4.78 is 1.98. The minimum atomic E-state index is -0.398. The summed E-state index contributed by atoms with van der Waals surface area (Å²) in [6.45, 7) is 6.17. The summed E-state index contributed by atoms with van der Waals surface area (Å²) in [4.78, 5) is 19.4. The lowest BCUT2D eigenvalue weighted by Gasteiger charge is -2.38. The predicted molar refractivity (Wildman–Crippen MR) is 143 cm³/mol. The Hall–Kier alpha value is -3.16. The third-order valence-electron chi connectivity index (χ3n) is 7.68. The average Bonchev–Trinajstić information content (AvgIpc) is 3.37. The number of amides is 1. The van der Waals surface area contributed by atoms with Gasteiger partial charge in [-0.25, -0.2) is 4.68 Å². The highest BCUT2D eigenvalue weighted by Crippen LogP contribution is 2.24. The van der Waals surface area contributed by atoms with Gasteiger partial charge in [-0.15, -0.1) is 0 Å². The Kier molecular flexibility index (Phi) is 7.39. The number of piperidine rings is 2. The van der Waals surface area contributed by atoms with Crippen molar-refractivity contribution in [2.24, 2.45) is 0 Å². The quantitative estimate of drug-likeness (QED) is 0.572. The van der Waals surface area contributed by atoms with Crippen molar-refractivity contribution in [3.63, 3.8) is 0 Å². The number of rotatable bonds is 6.